The molecular weight excluding hydrogens is 266 g/mol. The molecule has 1 fully saturated rings. The van der Waals surface area contributed by atoms with Gasteiger partial charge in [0, 0.05) is 30.9 Å². The van der Waals surface area contributed by atoms with Crippen LogP contribution in [-0.2, 0) is 7.05 Å². The molecule has 2 amide bonds. The van der Waals surface area contributed by atoms with E-state index < -0.39 is 0 Å². The fourth-order valence-electron chi connectivity index (χ4n) is 3.20. The smallest absolute Gasteiger partial charge is 0.315 e. The quantitative estimate of drug-likeness (QED) is 0.887. The molecule has 0 bridgehead atoms. The second kappa shape index (κ2) is 6.47. The minimum Gasteiger partial charge on any atom is -0.334 e. The van der Waals surface area contributed by atoms with E-state index in [0.717, 1.165) is 42.9 Å². The second-order valence-corrected chi connectivity index (χ2v) is 6.15. The molecule has 0 radical (unpaired) electrons. The molecule has 0 aliphatic carbocycles. The summed E-state index contributed by atoms with van der Waals surface area (Å²) in [5.74, 6) is 0. The Morgan fingerprint density at radius 1 is 1.38 bits per heavy atom. The van der Waals surface area contributed by atoms with Crippen molar-refractivity contribution in [2.75, 3.05) is 20.1 Å². The molecule has 1 aliphatic heterocycles. The number of nitrogens with one attached hydrogen (secondary N) is 2. The Morgan fingerprint density at radius 2 is 2.10 bits per heavy atom. The number of carbonyl (C=O) groups is 1. The maximum Gasteiger partial charge on any atom is 0.315 e. The zero-order valence-electron chi connectivity index (χ0n) is 13.7. The molecule has 1 aliphatic rings. The SMILES string of the molecule is Cc1nn(C)c(C)c1[C@H](C)NC(=O)N[C@@H]1CCCN(C)C1. The van der Waals surface area contributed by atoms with Crippen molar-refractivity contribution in [3.63, 3.8) is 0 Å². The van der Waals surface area contributed by atoms with Crippen molar-refractivity contribution in [1.82, 2.24) is 25.3 Å². The van der Waals surface area contributed by atoms with Crippen LogP contribution in [0.4, 0.5) is 4.79 Å². The van der Waals surface area contributed by atoms with Crippen LogP contribution in [0, 0.1) is 13.8 Å². The lowest BCUT2D eigenvalue weighted by atomic mass is 10.1. The van der Waals surface area contributed by atoms with E-state index in [1.54, 1.807) is 0 Å². The molecule has 1 aromatic rings. The van der Waals surface area contributed by atoms with Crippen LogP contribution in [0.1, 0.15) is 42.8 Å². The molecule has 2 heterocycles. The number of nitrogens with zero attached hydrogens (tertiary/aromatic N) is 3. The first-order chi connectivity index (χ1) is 9.88. The Balaban J connectivity index is 1.93. The predicted molar refractivity (Wildman–Crippen MR) is 83.3 cm³/mol. The third kappa shape index (κ3) is 3.75. The Bertz CT molecular complexity index is 510. The molecule has 1 saturated heterocycles. The number of amides is 2. The highest BCUT2D eigenvalue weighted by molar-refractivity contribution is 5.74. The highest BCUT2D eigenvalue weighted by Gasteiger charge is 2.21. The van der Waals surface area contributed by atoms with E-state index in [-0.39, 0.29) is 18.1 Å². The fourth-order valence-corrected chi connectivity index (χ4v) is 3.20. The van der Waals surface area contributed by atoms with Gasteiger partial charge in [0.25, 0.3) is 0 Å². The van der Waals surface area contributed by atoms with Gasteiger partial charge in [0.05, 0.1) is 11.7 Å². The third-order valence-electron chi connectivity index (χ3n) is 4.31. The Hall–Kier alpha value is -1.56. The fraction of sp³-hybridized carbons (Fsp3) is 0.733. The van der Waals surface area contributed by atoms with Crippen molar-refractivity contribution in [2.45, 2.75) is 45.7 Å². The normalized spacial score (nSPS) is 21.1. The van der Waals surface area contributed by atoms with Gasteiger partial charge in [0.2, 0.25) is 0 Å². The summed E-state index contributed by atoms with van der Waals surface area (Å²) in [6.45, 7) is 8.05. The Morgan fingerprint density at radius 3 is 2.67 bits per heavy atom. The summed E-state index contributed by atoms with van der Waals surface area (Å²) < 4.78 is 1.86. The lowest BCUT2D eigenvalue weighted by molar-refractivity contribution is 0.207. The highest BCUT2D eigenvalue weighted by atomic mass is 16.2. The summed E-state index contributed by atoms with van der Waals surface area (Å²) in [5, 5.41) is 10.5. The number of likely N-dealkylation sites (tertiary alicyclic amines) is 1. The first kappa shape index (κ1) is 15.8. The number of urea groups is 1. The average molecular weight is 293 g/mol. The van der Waals surface area contributed by atoms with Crippen LogP contribution in [0.5, 0.6) is 0 Å². The zero-order valence-corrected chi connectivity index (χ0v) is 13.7. The van der Waals surface area contributed by atoms with Gasteiger partial charge in [-0.3, -0.25) is 4.68 Å². The predicted octanol–water partition coefficient (Wildman–Crippen LogP) is 1.49. The summed E-state index contributed by atoms with van der Waals surface area (Å²) in [4.78, 5) is 14.4. The van der Waals surface area contributed by atoms with E-state index in [9.17, 15) is 4.79 Å². The number of hydrogen-bond acceptors (Lipinski definition) is 3. The van der Waals surface area contributed by atoms with Gasteiger partial charge in [-0.25, -0.2) is 4.79 Å². The van der Waals surface area contributed by atoms with Crippen LogP contribution in [0.25, 0.3) is 0 Å². The molecule has 6 heteroatoms. The van der Waals surface area contributed by atoms with Gasteiger partial charge in [-0.05, 0) is 47.2 Å². The molecule has 0 aromatic carbocycles. The highest BCUT2D eigenvalue weighted by Crippen LogP contribution is 2.20. The van der Waals surface area contributed by atoms with Crippen molar-refractivity contribution in [3.8, 4) is 0 Å². The molecule has 0 spiro atoms. The minimum absolute atomic E-state index is 0.0416. The summed E-state index contributed by atoms with van der Waals surface area (Å²) in [5.41, 5.74) is 3.17. The molecule has 21 heavy (non-hydrogen) atoms. The first-order valence-corrected chi connectivity index (χ1v) is 7.64. The van der Waals surface area contributed by atoms with Crippen LogP contribution in [0.15, 0.2) is 0 Å². The zero-order chi connectivity index (χ0) is 15.6. The number of piperidine rings is 1. The van der Waals surface area contributed by atoms with Gasteiger partial charge in [-0.1, -0.05) is 0 Å². The molecule has 2 rings (SSSR count). The van der Waals surface area contributed by atoms with Crippen LogP contribution >= 0.6 is 0 Å². The summed E-state index contributed by atoms with van der Waals surface area (Å²) in [6.07, 6.45) is 2.19. The first-order valence-electron chi connectivity index (χ1n) is 7.64. The molecule has 1 aromatic heterocycles. The number of hydrogen-bond donors (Lipinski definition) is 2. The van der Waals surface area contributed by atoms with Crippen molar-refractivity contribution in [1.29, 1.82) is 0 Å². The second-order valence-electron chi connectivity index (χ2n) is 6.15. The van der Waals surface area contributed by atoms with E-state index >= 15 is 0 Å². The minimum atomic E-state index is -0.0922. The van der Waals surface area contributed by atoms with E-state index in [4.69, 9.17) is 0 Å². The standard InChI is InChI=1S/C15H27N5O/c1-10(14-11(2)18-20(5)12(14)3)16-15(21)17-13-7-6-8-19(4)9-13/h10,13H,6-9H2,1-5H3,(H2,16,17,21)/t10-,13+/m0/s1. The van der Waals surface area contributed by atoms with Crippen LogP contribution in [0.2, 0.25) is 0 Å². The molecule has 2 atom stereocenters. The lowest BCUT2D eigenvalue weighted by Gasteiger charge is -2.30. The van der Waals surface area contributed by atoms with Crippen molar-refractivity contribution < 1.29 is 4.79 Å². The molecule has 0 saturated carbocycles. The van der Waals surface area contributed by atoms with E-state index in [0.29, 0.717) is 0 Å². The van der Waals surface area contributed by atoms with Crippen molar-refractivity contribution in [2.24, 2.45) is 7.05 Å². The molecule has 2 N–H and O–H groups in total. The van der Waals surface area contributed by atoms with Crippen molar-refractivity contribution in [3.05, 3.63) is 17.0 Å². The molecule has 0 unspecified atom stereocenters. The van der Waals surface area contributed by atoms with Gasteiger partial charge in [0.1, 0.15) is 0 Å². The van der Waals surface area contributed by atoms with E-state index in [2.05, 4.69) is 27.7 Å². The van der Waals surface area contributed by atoms with Crippen LogP contribution in [-0.4, -0.2) is 46.9 Å². The monoisotopic (exact) mass is 293 g/mol. The molecule has 6 nitrogen and oxygen atoms in total. The van der Waals surface area contributed by atoms with E-state index in [1.165, 1.54) is 0 Å². The Kier molecular flexibility index (Phi) is 4.88. The van der Waals surface area contributed by atoms with Crippen molar-refractivity contribution >= 4 is 6.03 Å². The maximum absolute atomic E-state index is 12.2. The maximum atomic E-state index is 12.2. The van der Waals surface area contributed by atoms with Gasteiger partial charge in [-0.15, -0.1) is 0 Å². The number of aromatic nitrogens is 2. The topological polar surface area (TPSA) is 62.2 Å². The molecular formula is C15H27N5O. The average Bonchev–Trinajstić information content (AvgIpc) is 2.62. The van der Waals surface area contributed by atoms with Gasteiger partial charge >= 0.3 is 6.03 Å². The lowest BCUT2D eigenvalue weighted by Crippen LogP contribution is -2.49. The molecule has 118 valence electrons. The van der Waals surface area contributed by atoms with Crippen LogP contribution in [0.3, 0.4) is 0 Å². The van der Waals surface area contributed by atoms with Crippen LogP contribution < -0.4 is 10.6 Å². The number of likely N-dealkylation sites (N-methyl/N-ethyl adjacent to an activating group) is 1. The summed E-state index contributed by atoms with van der Waals surface area (Å²) in [7, 11) is 4.02. The van der Waals surface area contributed by atoms with Gasteiger partial charge in [0.15, 0.2) is 0 Å². The third-order valence-corrected chi connectivity index (χ3v) is 4.31. The largest absolute Gasteiger partial charge is 0.334 e. The van der Waals surface area contributed by atoms with Gasteiger partial charge < -0.3 is 15.5 Å². The van der Waals surface area contributed by atoms with Gasteiger partial charge in [-0.2, -0.15) is 5.10 Å². The Labute approximate surface area is 126 Å². The van der Waals surface area contributed by atoms with E-state index in [1.807, 2.05) is 32.5 Å². The number of aryl methyl sites for hydroxylation is 2. The summed E-state index contributed by atoms with van der Waals surface area (Å²) >= 11 is 0. The number of carbonyl (C=O) groups excluding carboxylic acids is 1. The summed E-state index contributed by atoms with van der Waals surface area (Å²) in [6, 6.07) is 0.109. The number of rotatable bonds is 3.